The average Bonchev–Trinajstić information content (AvgIpc) is 2.55. The van der Waals surface area contributed by atoms with Gasteiger partial charge in [-0.15, -0.1) is 0 Å². The number of hydrogen-bond donors (Lipinski definition) is 0. The van der Waals surface area contributed by atoms with Gasteiger partial charge in [0.05, 0.1) is 6.07 Å². The third-order valence-corrected chi connectivity index (χ3v) is 3.23. The second-order valence-corrected chi connectivity index (χ2v) is 4.44. The summed E-state index contributed by atoms with van der Waals surface area (Å²) in [4.78, 5) is 0. The van der Waals surface area contributed by atoms with Crippen molar-refractivity contribution in [2.24, 2.45) is 0 Å². The molecule has 2 rings (SSSR count). The molecule has 0 radical (unpaired) electrons. The van der Waals surface area contributed by atoms with Crippen molar-refractivity contribution in [2.45, 2.75) is 6.29 Å². The van der Waals surface area contributed by atoms with Crippen LogP contribution in [0.5, 0.6) is 0 Å². The van der Waals surface area contributed by atoms with Crippen molar-refractivity contribution in [1.29, 1.82) is 5.26 Å². The molecule has 0 aliphatic rings. The molecule has 0 atom stereocenters. The quantitative estimate of drug-likeness (QED) is 0.615. The van der Waals surface area contributed by atoms with Crippen LogP contribution >= 0.6 is 0 Å². The molecular weight excluding hydrogens is 262 g/mol. The van der Waals surface area contributed by atoms with Gasteiger partial charge >= 0.3 is 0 Å². The van der Waals surface area contributed by atoms with Crippen molar-refractivity contribution in [1.82, 2.24) is 0 Å². The summed E-state index contributed by atoms with van der Waals surface area (Å²) in [6.45, 7) is 0. The highest BCUT2D eigenvalue weighted by Crippen LogP contribution is 2.31. The van der Waals surface area contributed by atoms with E-state index in [9.17, 15) is 0 Å². The van der Waals surface area contributed by atoms with E-state index < -0.39 is 6.29 Å². The summed E-state index contributed by atoms with van der Waals surface area (Å²) in [5.41, 5.74) is 3.66. The molecule has 0 saturated heterocycles. The van der Waals surface area contributed by atoms with Crippen LogP contribution in [0.4, 0.5) is 0 Å². The number of nitrogens with zero attached hydrogens (tertiary/aromatic N) is 1. The van der Waals surface area contributed by atoms with Crippen LogP contribution < -0.4 is 0 Å². The van der Waals surface area contributed by atoms with Crippen LogP contribution in [-0.2, 0) is 9.47 Å². The second-order valence-electron chi connectivity index (χ2n) is 4.44. The molecule has 0 aliphatic carbocycles. The van der Waals surface area contributed by atoms with Gasteiger partial charge in [0.2, 0.25) is 0 Å². The van der Waals surface area contributed by atoms with E-state index >= 15 is 0 Å². The molecule has 0 aliphatic heterocycles. The topological polar surface area (TPSA) is 42.2 Å². The van der Waals surface area contributed by atoms with E-state index in [1.807, 2.05) is 54.6 Å². The van der Waals surface area contributed by atoms with Crippen LogP contribution in [0, 0.1) is 11.3 Å². The third kappa shape index (κ3) is 3.38. The van der Waals surface area contributed by atoms with Crippen LogP contribution in [0.3, 0.4) is 0 Å². The molecule has 106 valence electrons. The first-order valence-electron chi connectivity index (χ1n) is 6.62. The van der Waals surface area contributed by atoms with Crippen molar-refractivity contribution in [3.63, 3.8) is 0 Å². The van der Waals surface area contributed by atoms with Gasteiger partial charge in [-0.05, 0) is 16.7 Å². The molecule has 0 spiro atoms. The smallest absolute Gasteiger partial charge is 0.183 e. The van der Waals surface area contributed by atoms with Crippen molar-refractivity contribution in [3.8, 4) is 6.07 Å². The Morgan fingerprint density at radius 3 is 2.24 bits per heavy atom. The summed E-state index contributed by atoms with van der Waals surface area (Å²) in [6.07, 6.45) is 1.09. The minimum atomic E-state index is -0.466. The summed E-state index contributed by atoms with van der Waals surface area (Å²) in [7, 11) is 3.20. The van der Waals surface area contributed by atoms with Crippen LogP contribution in [0.1, 0.15) is 23.0 Å². The predicted octanol–water partition coefficient (Wildman–Crippen LogP) is 3.93. The first-order chi connectivity index (χ1) is 10.3. The van der Waals surface area contributed by atoms with Gasteiger partial charge in [0.1, 0.15) is 0 Å². The maximum atomic E-state index is 9.11. The molecule has 0 heterocycles. The molecule has 0 bridgehead atoms. The predicted molar refractivity (Wildman–Crippen MR) is 82.3 cm³/mol. The summed E-state index contributed by atoms with van der Waals surface area (Å²) >= 11 is 0. The van der Waals surface area contributed by atoms with Gasteiger partial charge < -0.3 is 9.47 Å². The van der Waals surface area contributed by atoms with Crippen LogP contribution in [0.25, 0.3) is 5.57 Å². The van der Waals surface area contributed by atoms with Crippen LogP contribution in [-0.4, -0.2) is 14.2 Å². The summed E-state index contributed by atoms with van der Waals surface area (Å²) in [5.74, 6) is 0. The molecule has 0 aromatic heterocycles. The standard InChI is InChI=1S/C18H17NO2/c1-20-18(21-2)17-11-7-6-10-16(17)15(12-13-19)14-8-4-3-5-9-14/h3-12,18H,1-2H3/b15-12+. The highest BCUT2D eigenvalue weighted by atomic mass is 16.7. The van der Waals surface area contributed by atoms with E-state index in [4.69, 9.17) is 14.7 Å². The Bertz CT molecular complexity index is 652. The van der Waals surface area contributed by atoms with Gasteiger partial charge in [0.25, 0.3) is 0 Å². The van der Waals surface area contributed by atoms with Gasteiger partial charge in [-0.2, -0.15) is 5.26 Å². The molecule has 0 N–H and O–H groups in total. The highest BCUT2D eigenvalue weighted by molar-refractivity contribution is 5.82. The number of benzene rings is 2. The second kappa shape index (κ2) is 7.39. The highest BCUT2D eigenvalue weighted by Gasteiger charge is 2.16. The number of allylic oxidation sites excluding steroid dienone is 1. The molecule has 2 aromatic carbocycles. The number of rotatable bonds is 5. The maximum absolute atomic E-state index is 9.11. The lowest BCUT2D eigenvalue weighted by Crippen LogP contribution is -2.07. The van der Waals surface area contributed by atoms with Gasteiger partial charge in [-0.25, -0.2) is 0 Å². The molecule has 0 saturated carbocycles. The number of ether oxygens (including phenoxy) is 2. The fraction of sp³-hybridized carbons (Fsp3) is 0.167. The third-order valence-electron chi connectivity index (χ3n) is 3.23. The largest absolute Gasteiger partial charge is 0.352 e. The Morgan fingerprint density at radius 2 is 1.62 bits per heavy atom. The Balaban J connectivity index is 2.58. The number of hydrogen-bond acceptors (Lipinski definition) is 3. The zero-order valence-electron chi connectivity index (χ0n) is 12.1. The lowest BCUT2D eigenvalue weighted by Gasteiger charge is -2.19. The van der Waals surface area contributed by atoms with Crippen molar-refractivity contribution in [2.75, 3.05) is 14.2 Å². The van der Waals surface area contributed by atoms with Crippen LogP contribution in [0.2, 0.25) is 0 Å². The summed E-state index contributed by atoms with van der Waals surface area (Å²) < 4.78 is 10.7. The lowest BCUT2D eigenvalue weighted by atomic mass is 9.93. The van der Waals surface area contributed by atoms with Crippen molar-refractivity contribution >= 4 is 5.57 Å². The fourth-order valence-electron chi connectivity index (χ4n) is 2.30. The molecule has 3 heteroatoms. The molecule has 21 heavy (non-hydrogen) atoms. The Morgan fingerprint density at radius 1 is 1.00 bits per heavy atom. The number of methoxy groups -OCH3 is 2. The van der Waals surface area contributed by atoms with Gasteiger partial charge in [0, 0.05) is 25.9 Å². The van der Waals surface area contributed by atoms with E-state index in [0.29, 0.717) is 0 Å². The van der Waals surface area contributed by atoms with Crippen molar-refractivity contribution < 1.29 is 9.47 Å². The SMILES string of the molecule is COC(OC)c1ccccc1/C(=C/C#N)c1ccccc1. The Kier molecular flexibility index (Phi) is 5.28. The lowest BCUT2D eigenvalue weighted by molar-refractivity contribution is -0.106. The first kappa shape index (κ1) is 15.0. The minimum Gasteiger partial charge on any atom is -0.352 e. The number of nitriles is 1. The van der Waals surface area contributed by atoms with Gasteiger partial charge in [-0.1, -0.05) is 54.6 Å². The monoisotopic (exact) mass is 279 g/mol. The molecule has 3 nitrogen and oxygen atoms in total. The van der Waals surface area contributed by atoms with E-state index in [-0.39, 0.29) is 0 Å². The summed E-state index contributed by atoms with van der Waals surface area (Å²) in [5, 5.41) is 9.11. The van der Waals surface area contributed by atoms with E-state index in [1.54, 1.807) is 20.3 Å². The molecule has 0 amide bonds. The van der Waals surface area contributed by atoms with Gasteiger partial charge in [0.15, 0.2) is 6.29 Å². The summed E-state index contributed by atoms with van der Waals surface area (Å²) in [6, 6.07) is 19.7. The molecule has 0 fully saturated rings. The van der Waals surface area contributed by atoms with Crippen molar-refractivity contribution in [3.05, 3.63) is 77.4 Å². The maximum Gasteiger partial charge on any atom is 0.183 e. The Labute approximate surface area is 125 Å². The van der Waals surface area contributed by atoms with Crippen LogP contribution in [0.15, 0.2) is 60.7 Å². The zero-order valence-corrected chi connectivity index (χ0v) is 12.1. The van der Waals surface area contributed by atoms with E-state index in [0.717, 1.165) is 22.3 Å². The fourth-order valence-corrected chi connectivity index (χ4v) is 2.30. The normalized spacial score (nSPS) is 11.4. The first-order valence-corrected chi connectivity index (χ1v) is 6.62. The Hall–Kier alpha value is -2.41. The van der Waals surface area contributed by atoms with Gasteiger partial charge in [-0.3, -0.25) is 0 Å². The zero-order chi connectivity index (χ0) is 15.1. The molecular formula is C18H17NO2. The molecule has 0 unspecified atom stereocenters. The van der Waals surface area contributed by atoms with E-state index in [1.165, 1.54) is 0 Å². The van der Waals surface area contributed by atoms with E-state index in [2.05, 4.69) is 6.07 Å². The molecule has 2 aromatic rings. The minimum absolute atomic E-state index is 0.466. The average molecular weight is 279 g/mol.